The van der Waals surface area contributed by atoms with Gasteiger partial charge in [-0.1, -0.05) is 47.1 Å². The van der Waals surface area contributed by atoms with Crippen LogP contribution in [0.3, 0.4) is 0 Å². The van der Waals surface area contributed by atoms with Gasteiger partial charge in [-0.15, -0.1) is 10.2 Å². The van der Waals surface area contributed by atoms with E-state index in [9.17, 15) is 4.79 Å². The number of rotatable bonds is 6. The molecule has 0 spiro atoms. The number of carbonyl (C=O) groups is 1. The molecule has 0 radical (unpaired) electrons. The predicted octanol–water partition coefficient (Wildman–Crippen LogP) is 5.42. The zero-order valence-electron chi connectivity index (χ0n) is 16.7. The summed E-state index contributed by atoms with van der Waals surface area (Å²) in [7, 11) is 0. The average Bonchev–Trinajstić information content (AvgIpc) is 3.22. The Kier molecular flexibility index (Phi) is 6.59. The maximum Gasteiger partial charge on any atom is 0.277 e. The number of para-hydroxylation sites is 1. The molecule has 2 aromatic carbocycles. The minimum atomic E-state index is -0.143. The number of anilines is 2. The molecule has 156 valence electrons. The van der Waals surface area contributed by atoms with E-state index in [1.807, 2.05) is 49.4 Å². The van der Waals surface area contributed by atoms with E-state index in [0.717, 1.165) is 48.4 Å². The van der Waals surface area contributed by atoms with E-state index in [1.54, 1.807) is 0 Å². The Morgan fingerprint density at radius 1 is 1.17 bits per heavy atom. The van der Waals surface area contributed by atoms with Crippen molar-refractivity contribution >= 4 is 40.6 Å². The Bertz CT molecular complexity index is 1030. The van der Waals surface area contributed by atoms with E-state index < -0.39 is 0 Å². The zero-order chi connectivity index (χ0) is 20.9. The van der Waals surface area contributed by atoms with E-state index in [4.69, 9.17) is 16.0 Å². The number of halogens is 1. The van der Waals surface area contributed by atoms with Gasteiger partial charge in [-0.05, 0) is 50.5 Å². The molecule has 3 aromatic rings. The summed E-state index contributed by atoms with van der Waals surface area (Å²) in [4.78, 5) is 14.8. The summed E-state index contributed by atoms with van der Waals surface area (Å²) in [6.07, 6.45) is 3.50. The molecule has 0 unspecified atom stereocenters. The number of amides is 1. The second-order valence-corrected chi connectivity index (χ2v) is 8.60. The summed E-state index contributed by atoms with van der Waals surface area (Å²) in [6.45, 7) is 3.91. The van der Waals surface area contributed by atoms with E-state index >= 15 is 0 Å². The summed E-state index contributed by atoms with van der Waals surface area (Å²) in [6, 6.07) is 13.5. The van der Waals surface area contributed by atoms with Crippen molar-refractivity contribution in [3.05, 3.63) is 53.1 Å². The number of carbonyl (C=O) groups excluding carboxylic acids is 1. The maximum atomic E-state index is 12.6. The normalized spacial score (nSPS) is 14.0. The molecule has 1 amide bonds. The van der Waals surface area contributed by atoms with Gasteiger partial charge in [0, 0.05) is 18.7 Å². The van der Waals surface area contributed by atoms with Gasteiger partial charge in [0.15, 0.2) is 0 Å². The summed E-state index contributed by atoms with van der Waals surface area (Å²) in [5, 5.41) is 12.1. The van der Waals surface area contributed by atoms with Crippen molar-refractivity contribution in [3.8, 4) is 11.5 Å². The molecule has 6 nitrogen and oxygen atoms in total. The van der Waals surface area contributed by atoms with Crippen molar-refractivity contribution in [1.82, 2.24) is 10.2 Å². The molecule has 0 saturated carbocycles. The Balaban J connectivity index is 1.40. The van der Waals surface area contributed by atoms with E-state index in [1.165, 1.54) is 18.2 Å². The lowest BCUT2D eigenvalue weighted by Gasteiger charge is -2.31. The number of benzene rings is 2. The number of nitrogens with one attached hydrogen (secondary N) is 1. The molecule has 2 heterocycles. The molecule has 1 saturated heterocycles. The summed E-state index contributed by atoms with van der Waals surface area (Å²) in [5.74, 6) is 0.473. The molecule has 4 rings (SSSR count). The number of hydrogen-bond donors (Lipinski definition) is 1. The van der Waals surface area contributed by atoms with Gasteiger partial charge in [0.25, 0.3) is 5.22 Å². The van der Waals surface area contributed by atoms with Crippen LogP contribution in [0.1, 0.15) is 24.8 Å². The first-order valence-electron chi connectivity index (χ1n) is 9.97. The first kappa shape index (κ1) is 20.8. The van der Waals surface area contributed by atoms with Crippen LogP contribution in [-0.4, -0.2) is 34.9 Å². The van der Waals surface area contributed by atoms with Crippen molar-refractivity contribution in [1.29, 1.82) is 0 Å². The first-order chi connectivity index (χ1) is 14.6. The summed E-state index contributed by atoms with van der Waals surface area (Å²) in [5.41, 5.74) is 3.62. The van der Waals surface area contributed by atoms with E-state index in [0.29, 0.717) is 16.1 Å². The molecular weight excluding hydrogens is 420 g/mol. The van der Waals surface area contributed by atoms with Crippen molar-refractivity contribution in [2.75, 3.05) is 29.1 Å². The summed E-state index contributed by atoms with van der Waals surface area (Å²) < 4.78 is 5.69. The van der Waals surface area contributed by atoms with Crippen LogP contribution in [0.4, 0.5) is 11.4 Å². The second-order valence-electron chi connectivity index (χ2n) is 7.26. The van der Waals surface area contributed by atoms with Gasteiger partial charge < -0.3 is 14.6 Å². The standard InChI is InChI=1S/C22H23ClN4O2S/c1-15-7-5-8-16(13-15)21-25-26-22(29-21)30-14-19(28)24-18-10-6-9-17(23)20(18)27-11-3-2-4-12-27/h5-10,13H,2-4,11-12,14H2,1H3,(H,24,28). The topological polar surface area (TPSA) is 71.3 Å². The van der Waals surface area contributed by atoms with Crippen LogP contribution in [0.15, 0.2) is 52.1 Å². The maximum absolute atomic E-state index is 12.6. The highest BCUT2D eigenvalue weighted by atomic mass is 35.5. The van der Waals surface area contributed by atoms with Crippen LogP contribution in [0.5, 0.6) is 0 Å². The molecule has 1 fully saturated rings. The molecule has 1 aliphatic rings. The van der Waals surface area contributed by atoms with Gasteiger partial charge in [0.2, 0.25) is 11.8 Å². The molecular formula is C22H23ClN4O2S. The highest BCUT2D eigenvalue weighted by Gasteiger charge is 2.19. The minimum Gasteiger partial charge on any atom is -0.411 e. The highest BCUT2D eigenvalue weighted by Crippen LogP contribution is 2.35. The van der Waals surface area contributed by atoms with Crippen LogP contribution in [0.2, 0.25) is 5.02 Å². The third kappa shape index (κ3) is 4.96. The number of thioether (sulfide) groups is 1. The Morgan fingerprint density at radius 3 is 2.77 bits per heavy atom. The fourth-order valence-corrected chi connectivity index (χ4v) is 4.39. The van der Waals surface area contributed by atoms with Crippen LogP contribution in [-0.2, 0) is 4.79 Å². The van der Waals surface area contributed by atoms with Crippen molar-refractivity contribution in [3.63, 3.8) is 0 Å². The number of aromatic nitrogens is 2. The second kappa shape index (κ2) is 9.53. The average molecular weight is 443 g/mol. The predicted molar refractivity (Wildman–Crippen MR) is 121 cm³/mol. The van der Waals surface area contributed by atoms with Gasteiger partial charge >= 0.3 is 0 Å². The molecule has 0 bridgehead atoms. The van der Waals surface area contributed by atoms with Gasteiger partial charge in [-0.25, -0.2) is 0 Å². The van der Waals surface area contributed by atoms with Crippen LogP contribution in [0, 0.1) is 6.92 Å². The zero-order valence-corrected chi connectivity index (χ0v) is 18.3. The Hall–Kier alpha value is -2.51. The van der Waals surface area contributed by atoms with Crippen LogP contribution in [0.25, 0.3) is 11.5 Å². The molecule has 1 aromatic heterocycles. The van der Waals surface area contributed by atoms with Gasteiger partial charge in [-0.3, -0.25) is 4.79 Å². The quantitative estimate of drug-likeness (QED) is 0.514. The Morgan fingerprint density at radius 2 is 1.97 bits per heavy atom. The van der Waals surface area contributed by atoms with E-state index in [-0.39, 0.29) is 11.7 Å². The number of nitrogens with zero attached hydrogens (tertiary/aromatic N) is 3. The lowest BCUT2D eigenvalue weighted by Crippen LogP contribution is -2.30. The van der Waals surface area contributed by atoms with Gasteiger partial charge in [-0.2, -0.15) is 0 Å². The minimum absolute atomic E-state index is 0.143. The number of piperidine rings is 1. The lowest BCUT2D eigenvalue weighted by molar-refractivity contribution is -0.113. The largest absolute Gasteiger partial charge is 0.411 e. The van der Waals surface area contributed by atoms with Crippen molar-refractivity contribution in [2.24, 2.45) is 0 Å². The van der Waals surface area contributed by atoms with Gasteiger partial charge in [0.1, 0.15) is 0 Å². The van der Waals surface area contributed by atoms with E-state index in [2.05, 4.69) is 20.4 Å². The monoisotopic (exact) mass is 442 g/mol. The van der Waals surface area contributed by atoms with Crippen molar-refractivity contribution in [2.45, 2.75) is 31.4 Å². The lowest BCUT2D eigenvalue weighted by atomic mass is 10.1. The molecule has 0 aliphatic carbocycles. The number of hydrogen-bond acceptors (Lipinski definition) is 6. The smallest absolute Gasteiger partial charge is 0.277 e. The van der Waals surface area contributed by atoms with Gasteiger partial charge in [0.05, 0.1) is 22.2 Å². The SMILES string of the molecule is Cc1cccc(-c2nnc(SCC(=O)Nc3cccc(Cl)c3N3CCCCC3)o2)c1. The summed E-state index contributed by atoms with van der Waals surface area (Å²) >= 11 is 7.67. The third-order valence-corrected chi connectivity index (χ3v) is 6.05. The van der Waals surface area contributed by atoms with Crippen LogP contribution < -0.4 is 10.2 Å². The Labute approximate surface area is 185 Å². The first-order valence-corrected chi connectivity index (χ1v) is 11.3. The molecule has 0 atom stereocenters. The molecule has 8 heteroatoms. The third-order valence-electron chi connectivity index (χ3n) is 4.93. The highest BCUT2D eigenvalue weighted by molar-refractivity contribution is 7.99. The fraction of sp³-hybridized carbons (Fsp3) is 0.318. The molecule has 1 aliphatic heterocycles. The number of aryl methyl sites for hydroxylation is 1. The van der Waals surface area contributed by atoms with Crippen LogP contribution >= 0.6 is 23.4 Å². The van der Waals surface area contributed by atoms with Crippen molar-refractivity contribution < 1.29 is 9.21 Å². The molecule has 1 N–H and O–H groups in total. The fourth-order valence-electron chi connectivity index (χ4n) is 3.53. The molecule has 30 heavy (non-hydrogen) atoms.